The fraction of sp³-hybridized carbons (Fsp3) is 0. The molecule has 0 atom stereocenters. The highest BCUT2D eigenvalue weighted by Gasteiger charge is 2.10. The molecule has 0 radical (unpaired) electrons. The molecule has 0 saturated heterocycles. The Hall–Kier alpha value is -6.80. The Labute approximate surface area is 322 Å². The highest BCUT2D eigenvalue weighted by molar-refractivity contribution is 5.87. The van der Waals surface area contributed by atoms with Gasteiger partial charge in [0.15, 0.2) is 0 Å². The first kappa shape index (κ1) is 51.3. The highest BCUT2D eigenvalue weighted by atomic mass is 19.0. The van der Waals surface area contributed by atoms with Gasteiger partial charge in [-0.25, -0.2) is 0 Å². The average Bonchev–Trinajstić information content (AvgIpc) is 3.20. The predicted octanol–water partition coefficient (Wildman–Crippen LogP) is 14.6. The second-order valence-corrected chi connectivity index (χ2v) is 11.8. The molecule has 0 saturated carbocycles. The Morgan fingerprint density at radius 2 is 0.375 bits per heavy atom. The van der Waals surface area contributed by atoms with Crippen molar-refractivity contribution >= 4 is 0 Å². The molecule has 0 spiro atoms. The van der Waals surface area contributed by atoms with E-state index in [-0.39, 0.29) is 37.6 Å². The fourth-order valence-corrected chi connectivity index (χ4v) is 6.10. The second kappa shape index (κ2) is 25.3. The van der Waals surface area contributed by atoms with Crippen molar-refractivity contribution in [3.05, 3.63) is 218 Å². The minimum absolute atomic E-state index is 0. The summed E-state index contributed by atoms with van der Waals surface area (Å²) in [5.74, 6) is 0. The van der Waals surface area contributed by atoms with Crippen LogP contribution < -0.4 is 0 Å². The summed E-state index contributed by atoms with van der Waals surface area (Å²) in [5.41, 5.74) is 15.0. The van der Waals surface area contributed by atoms with Crippen molar-refractivity contribution in [3.8, 4) is 66.8 Å². The Balaban J connectivity index is 0. The summed E-state index contributed by atoms with van der Waals surface area (Å²) in [4.78, 5) is 0. The molecule has 0 aromatic heterocycles. The SMILES string of the molecule is F.F.F.F.F.F.F.F.c1ccc(-c2cc(-c3ccccc3)cc(-c3ccccc3)c2)cc1.c1ccc(-c2ccc(-c3ccccc3)c(-c3ccccc3)c2)cc1. The van der Waals surface area contributed by atoms with Gasteiger partial charge in [0.25, 0.3) is 0 Å². The molecule has 0 aliphatic carbocycles. The summed E-state index contributed by atoms with van der Waals surface area (Å²) >= 11 is 0. The van der Waals surface area contributed by atoms with Gasteiger partial charge in [-0.3, -0.25) is 37.6 Å². The van der Waals surface area contributed by atoms with E-state index in [1.165, 1.54) is 66.8 Å². The maximum absolute atomic E-state index is 2.30. The molecule has 8 aromatic carbocycles. The third kappa shape index (κ3) is 12.4. The van der Waals surface area contributed by atoms with Gasteiger partial charge in [0.2, 0.25) is 0 Å². The van der Waals surface area contributed by atoms with Gasteiger partial charge >= 0.3 is 0 Å². The maximum atomic E-state index is 2.30. The number of halogens is 8. The van der Waals surface area contributed by atoms with Crippen LogP contribution in [-0.4, -0.2) is 0 Å². The number of hydrogen-bond donors (Lipinski definition) is 0. The summed E-state index contributed by atoms with van der Waals surface area (Å²) in [7, 11) is 0. The van der Waals surface area contributed by atoms with Crippen LogP contribution in [0.2, 0.25) is 0 Å². The van der Waals surface area contributed by atoms with E-state index in [1.807, 2.05) is 0 Å². The minimum Gasteiger partial charge on any atom is -0.269 e. The average molecular weight is 773 g/mol. The summed E-state index contributed by atoms with van der Waals surface area (Å²) in [6.45, 7) is 0. The van der Waals surface area contributed by atoms with Crippen molar-refractivity contribution in [1.29, 1.82) is 0 Å². The van der Waals surface area contributed by atoms with Gasteiger partial charge in [0.05, 0.1) is 0 Å². The molecule has 292 valence electrons. The molecule has 0 aliphatic rings. The zero-order valence-corrected chi connectivity index (χ0v) is 30.1. The van der Waals surface area contributed by atoms with Gasteiger partial charge in [-0.2, -0.15) is 0 Å². The molecule has 0 nitrogen and oxygen atoms in total. The van der Waals surface area contributed by atoms with E-state index in [0.717, 1.165) is 0 Å². The lowest BCUT2D eigenvalue weighted by Gasteiger charge is -2.13. The molecule has 0 unspecified atom stereocenters. The zero-order chi connectivity index (χ0) is 32.4. The molecule has 8 heteroatoms. The number of benzene rings is 8. The Morgan fingerprint density at radius 1 is 0.143 bits per heavy atom. The molecular formula is C48H44F8. The third-order valence-electron chi connectivity index (χ3n) is 8.55. The van der Waals surface area contributed by atoms with Crippen LogP contribution in [0.25, 0.3) is 66.8 Å². The molecule has 0 fully saturated rings. The summed E-state index contributed by atoms with van der Waals surface area (Å²) < 4.78 is 0. The van der Waals surface area contributed by atoms with Crippen molar-refractivity contribution in [2.45, 2.75) is 0 Å². The molecule has 0 heterocycles. The van der Waals surface area contributed by atoms with E-state index in [9.17, 15) is 0 Å². The number of rotatable bonds is 6. The molecule has 8 rings (SSSR count). The van der Waals surface area contributed by atoms with Gasteiger partial charge in [-0.1, -0.05) is 194 Å². The molecule has 0 amide bonds. The molecule has 0 aliphatic heterocycles. The summed E-state index contributed by atoms with van der Waals surface area (Å²) in [6, 6.07) is 77.0. The molecule has 56 heavy (non-hydrogen) atoms. The predicted molar refractivity (Wildman–Crippen MR) is 226 cm³/mol. The zero-order valence-electron chi connectivity index (χ0n) is 30.1. The van der Waals surface area contributed by atoms with Crippen LogP contribution in [0.1, 0.15) is 0 Å². The van der Waals surface area contributed by atoms with Gasteiger partial charge in [0, 0.05) is 0 Å². The normalized spacial score (nSPS) is 9.00. The van der Waals surface area contributed by atoms with Crippen LogP contribution in [0.15, 0.2) is 218 Å². The lowest BCUT2D eigenvalue weighted by Crippen LogP contribution is -1.87. The molecule has 0 N–H and O–H groups in total. The lowest BCUT2D eigenvalue weighted by molar-refractivity contribution is 1.11. The monoisotopic (exact) mass is 772 g/mol. The fourth-order valence-electron chi connectivity index (χ4n) is 6.10. The van der Waals surface area contributed by atoms with Crippen LogP contribution >= 0.6 is 0 Å². The quantitative estimate of drug-likeness (QED) is 0.148. The van der Waals surface area contributed by atoms with E-state index in [0.29, 0.717) is 0 Å². The van der Waals surface area contributed by atoms with Gasteiger partial charge < -0.3 is 0 Å². The van der Waals surface area contributed by atoms with Crippen molar-refractivity contribution in [3.63, 3.8) is 0 Å². The van der Waals surface area contributed by atoms with Crippen LogP contribution in [0, 0.1) is 0 Å². The Kier molecular flexibility index (Phi) is 23.1. The standard InChI is InChI=1S/2C24H18.8FH/c1-4-10-19(11-5-1)22-16-23(20-12-6-2-7-13-20)18-24(17-22)21-14-8-3-9-15-21;1-4-10-19(11-5-1)22-16-17-23(20-12-6-2-7-13-20)24(18-22)21-14-8-3-9-15-21;;;;;;;;/h2*1-18H;8*1H. The lowest BCUT2D eigenvalue weighted by atomic mass is 9.91. The topological polar surface area (TPSA) is 0 Å². The Morgan fingerprint density at radius 3 is 0.661 bits per heavy atom. The second-order valence-electron chi connectivity index (χ2n) is 11.8. The largest absolute Gasteiger partial charge is 0.269 e. The molecule has 0 bridgehead atoms. The number of hydrogen-bond acceptors (Lipinski definition) is 0. The molecular weight excluding hydrogens is 729 g/mol. The first-order chi connectivity index (χ1) is 23.8. The van der Waals surface area contributed by atoms with Crippen LogP contribution in [0.4, 0.5) is 37.6 Å². The smallest absolute Gasteiger partial charge is 0.00992 e. The third-order valence-corrected chi connectivity index (χ3v) is 8.55. The van der Waals surface area contributed by atoms with Crippen LogP contribution in [-0.2, 0) is 0 Å². The first-order valence-corrected chi connectivity index (χ1v) is 16.4. The maximum Gasteiger partial charge on any atom is -0.00992 e. The van der Waals surface area contributed by atoms with Crippen molar-refractivity contribution < 1.29 is 37.6 Å². The summed E-state index contributed by atoms with van der Waals surface area (Å²) in [5, 5.41) is 0. The van der Waals surface area contributed by atoms with Crippen molar-refractivity contribution in [1.82, 2.24) is 0 Å². The first-order valence-electron chi connectivity index (χ1n) is 16.4. The van der Waals surface area contributed by atoms with Gasteiger partial charge in [0.1, 0.15) is 0 Å². The molecule has 8 aromatic rings. The Bertz CT molecular complexity index is 2060. The van der Waals surface area contributed by atoms with E-state index < -0.39 is 0 Å². The minimum atomic E-state index is 0. The van der Waals surface area contributed by atoms with E-state index in [4.69, 9.17) is 0 Å². The van der Waals surface area contributed by atoms with E-state index in [1.54, 1.807) is 0 Å². The highest BCUT2D eigenvalue weighted by Crippen LogP contribution is 2.36. The van der Waals surface area contributed by atoms with Gasteiger partial charge in [-0.05, 0) is 91.0 Å². The van der Waals surface area contributed by atoms with Crippen molar-refractivity contribution in [2.75, 3.05) is 0 Å². The van der Waals surface area contributed by atoms with Crippen LogP contribution in [0.5, 0.6) is 0 Å². The van der Waals surface area contributed by atoms with Crippen LogP contribution in [0.3, 0.4) is 0 Å². The summed E-state index contributed by atoms with van der Waals surface area (Å²) in [6.07, 6.45) is 0. The van der Waals surface area contributed by atoms with E-state index >= 15 is 0 Å². The van der Waals surface area contributed by atoms with Gasteiger partial charge in [-0.15, -0.1) is 0 Å². The van der Waals surface area contributed by atoms with Crippen molar-refractivity contribution in [2.24, 2.45) is 0 Å². The van der Waals surface area contributed by atoms with E-state index in [2.05, 4.69) is 218 Å².